The van der Waals surface area contributed by atoms with Gasteiger partial charge in [-0.05, 0) is 17.7 Å². The van der Waals surface area contributed by atoms with Gasteiger partial charge in [0.15, 0.2) is 16.9 Å². The molecule has 0 aliphatic carbocycles. The lowest BCUT2D eigenvalue weighted by Gasteiger charge is -2.21. The Balaban J connectivity index is 2.09. The van der Waals surface area contributed by atoms with E-state index in [-0.39, 0.29) is 28.7 Å². The van der Waals surface area contributed by atoms with E-state index in [1.54, 1.807) is 54.6 Å². The minimum absolute atomic E-state index is 0.0427. The summed E-state index contributed by atoms with van der Waals surface area (Å²) in [5.74, 6) is -3.25. The lowest BCUT2D eigenvalue weighted by atomic mass is 9.86. The van der Waals surface area contributed by atoms with Gasteiger partial charge in [-0.1, -0.05) is 42.5 Å². The molecule has 0 spiro atoms. The van der Waals surface area contributed by atoms with Crippen LogP contribution in [0.25, 0.3) is 22.3 Å². The van der Waals surface area contributed by atoms with E-state index >= 15 is 0 Å². The van der Waals surface area contributed by atoms with E-state index in [0.717, 1.165) is 0 Å². The van der Waals surface area contributed by atoms with E-state index in [0.29, 0.717) is 16.9 Å². The molecule has 3 N–H and O–H groups in total. The van der Waals surface area contributed by atoms with Gasteiger partial charge < -0.3 is 29.2 Å². The molecule has 174 valence electrons. The van der Waals surface area contributed by atoms with Crippen LogP contribution in [0.4, 0.5) is 0 Å². The number of methoxy groups -OCH3 is 2. The first-order valence-electron chi connectivity index (χ1n) is 10.4. The zero-order valence-electron chi connectivity index (χ0n) is 18.4. The molecule has 0 amide bonds. The Bertz CT molecular complexity index is 1420. The summed E-state index contributed by atoms with van der Waals surface area (Å²) >= 11 is 0. The average Bonchev–Trinajstić information content (AvgIpc) is 2.86. The summed E-state index contributed by atoms with van der Waals surface area (Å²) in [7, 11) is 2.71. The number of ether oxygens (including phenoxy) is 2. The quantitative estimate of drug-likeness (QED) is 0.286. The van der Waals surface area contributed by atoms with Crippen LogP contribution in [0.1, 0.15) is 23.5 Å². The highest BCUT2D eigenvalue weighted by Gasteiger charge is 2.31. The van der Waals surface area contributed by atoms with Gasteiger partial charge in [0, 0.05) is 23.1 Å². The molecule has 1 heterocycles. The van der Waals surface area contributed by atoms with Crippen LogP contribution in [0.2, 0.25) is 0 Å². The van der Waals surface area contributed by atoms with E-state index in [4.69, 9.17) is 13.9 Å². The van der Waals surface area contributed by atoms with Crippen molar-refractivity contribution in [3.05, 3.63) is 82.0 Å². The molecule has 0 fully saturated rings. The maximum atomic E-state index is 13.0. The van der Waals surface area contributed by atoms with E-state index in [2.05, 4.69) is 0 Å². The van der Waals surface area contributed by atoms with Crippen molar-refractivity contribution in [3.63, 3.8) is 0 Å². The Morgan fingerprint density at radius 1 is 0.941 bits per heavy atom. The summed E-state index contributed by atoms with van der Waals surface area (Å²) < 4.78 is 16.2. The topological polar surface area (TPSA) is 126 Å². The Morgan fingerprint density at radius 3 is 2.35 bits per heavy atom. The molecule has 0 bridgehead atoms. The van der Waals surface area contributed by atoms with Crippen LogP contribution >= 0.6 is 0 Å². The van der Waals surface area contributed by atoms with E-state index < -0.39 is 34.6 Å². The standard InChI is InChI=1S/C26H22O8/c1-32-16-10-6-9-15(11-16)17(12-20(28)33-2)21-23(29)25(31)24(30)22-18(27)13-19(34-26(21)22)14-7-4-3-5-8-14/h3-11,13,17,29-31H,12H2,1-2H3/t17-/m1/s1. The monoisotopic (exact) mass is 462 g/mol. The van der Waals surface area contributed by atoms with Crippen molar-refractivity contribution in [1.82, 2.24) is 0 Å². The first kappa shape index (κ1) is 22.7. The van der Waals surface area contributed by atoms with Crippen LogP contribution in [0.3, 0.4) is 0 Å². The molecule has 0 saturated heterocycles. The molecule has 0 unspecified atom stereocenters. The van der Waals surface area contributed by atoms with Crippen molar-refractivity contribution in [2.75, 3.05) is 14.2 Å². The highest BCUT2D eigenvalue weighted by molar-refractivity contribution is 5.93. The minimum atomic E-state index is -0.911. The molecule has 0 saturated carbocycles. The van der Waals surface area contributed by atoms with Gasteiger partial charge in [0.05, 0.1) is 20.6 Å². The third-order valence-electron chi connectivity index (χ3n) is 5.63. The van der Waals surface area contributed by atoms with Crippen molar-refractivity contribution in [3.8, 4) is 34.3 Å². The fraction of sp³-hybridized carbons (Fsp3) is 0.154. The Morgan fingerprint density at radius 2 is 1.68 bits per heavy atom. The van der Waals surface area contributed by atoms with Crippen LogP contribution in [-0.2, 0) is 9.53 Å². The van der Waals surface area contributed by atoms with Crippen molar-refractivity contribution in [1.29, 1.82) is 0 Å². The number of rotatable bonds is 6. The molecule has 4 rings (SSSR count). The molecule has 34 heavy (non-hydrogen) atoms. The van der Waals surface area contributed by atoms with E-state index in [1.165, 1.54) is 20.3 Å². The van der Waals surface area contributed by atoms with Crippen LogP contribution in [0, 0.1) is 0 Å². The van der Waals surface area contributed by atoms with Crippen molar-refractivity contribution in [2.45, 2.75) is 12.3 Å². The van der Waals surface area contributed by atoms with Crippen LogP contribution < -0.4 is 10.2 Å². The van der Waals surface area contributed by atoms with Crippen molar-refractivity contribution < 1.29 is 34.0 Å². The number of benzene rings is 3. The number of phenolic OH excluding ortho intramolecular Hbond substituents is 3. The van der Waals surface area contributed by atoms with Crippen LogP contribution in [-0.4, -0.2) is 35.5 Å². The van der Waals surface area contributed by atoms with Crippen LogP contribution in [0.5, 0.6) is 23.0 Å². The maximum Gasteiger partial charge on any atom is 0.306 e. The fourth-order valence-corrected chi connectivity index (χ4v) is 3.94. The summed E-state index contributed by atoms with van der Waals surface area (Å²) in [5.41, 5.74) is 0.288. The molecule has 1 aromatic heterocycles. The lowest BCUT2D eigenvalue weighted by Crippen LogP contribution is -2.12. The summed E-state index contributed by atoms with van der Waals surface area (Å²) in [6.07, 6.45) is -0.254. The van der Waals surface area contributed by atoms with Gasteiger partial charge in [-0.15, -0.1) is 0 Å². The smallest absolute Gasteiger partial charge is 0.306 e. The van der Waals surface area contributed by atoms with E-state index in [9.17, 15) is 24.9 Å². The maximum absolute atomic E-state index is 13.0. The molecule has 8 nitrogen and oxygen atoms in total. The second kappa shape index (κ2) is 9.19. The molecule has 0 aliphatic heterocycles. The van der Waals surface area contributed by atoms with E-state index in [1.807, 2.05) is 0 Å². The summed E-state index contributed by atoms with van der Waals surface area (Å²) in [4.78, 5) is 25.4. The molecular weight excluding hydrogens is 440 g/mol. The highest BCUT2D eigenvalue weighted by atomic mass is 16.5. The second-order valence-electron chi connectivity index (χ2n) is 7.61. The number of fused-ring (bicyclic) bond motifs is 1. The molecule has 8 heteroatoms. The third-order valence-corrected chi connectivity index (χ3v) is 5.63. The Hall–Kier alpha value is -4.46. The molecule has 3 aromatic carbocycles. The van der Waals surface area contributed by atoms with Gasteiger partial charge in [0.2, 0.25) is 5.75 Å². The SMILES string of the molecule is COC(=O)C[C@H](c1cccc(OC)c1)c1c(O)c(O)c(O)c2c(=O)cc(-c3ccccc3)oc12. The number of phenols is 3. The van der Waals surface area contributed by atoms with Gasteiger partial charge in [0.25, 0.3) is 0 Å². The van der Waals surface area contributed by atoms with Gasteiger partial charge in [-0.2, -0.15) is 0 Å². The van der Waals surface area contributed by atoms with Gasteiger partial charge >= 0.3 is 5.97 Å². The molecule has 1 atom stereocenters. The average molecular weight is 462 g/mol. The van der Waals surface area contributed by atoms with Gasteiger partial charge in [0.1, 0.15) is 22.5 Å². The number of hydrogen-bond acceptors (Lipinski definition) is 8. The highest BCUT2D eigenvalue weighted by Crippen LogP contribution is 2.49. The fourth-order valence-electron chi connectivity index (χ4n) is 3.94. The normalized spacial score (nSPS) is 11.8. The number of esters is 1. The van der Waals surface area contributed by atoms with Crippen molar-refractivity contribution in [2.24, 2.45) is 0 Å². The summed E-state index contributed by atoms with van der Waals surface area (Å²) in [6.45, 7) is 0. The first-order valence-corrected chi connectivity index (χ1v) is 10.4. The van der Waals surface area contributed by atoms with Gasteiger partial charge in [-0.25, -0.2) is 0 Å². The number of carbonyl (C=O) groups is 1. The summed E-state index contributed by atoms with van der Waals surface area (Å²) in [5, 5.41) is 31.5. The molecule has 0 aliphatic rings. The third kappa shape index (κ3) is 4.01. The zero-order valence-corrected chi connectivity index (χ0v) is 18.4. The minimum Gasteiger partial charge on any atom is -0.504 e. The largest absolute Gasteiger partial charge is 0.504 e. The number of hydrogen-bond donors (Lipinski definition) is 3. The lowest BCUT2D eigenvalue weighted by molar-refractivity contribution is -0.140. The second-order valence-corrected chi connectivity index (χ2v) is 7.61. The zero-order chi connectivity index (χ0) is 24.4. The molecular formula is C26H22O8. The predicted molar refractivity (Wildman–Crippen MR) is 124 cm³/mol. The first-order chi connectivity index (χ1) is 16.3. The molecule has 4 aromatic rings. The number of aromatic hydroxyl groups is 3. The van der Waals surface area contributed by atoms with Crippen molar-refractivity contribution >= 4 is 16.9 Å². The predicted octanol–water partition coefficient (Wildman–Crippen LogP) is 4.28. The van der Waals surface area contributed by atoms with Crippen LogP contribution in [0.15, 0.2) is 69.9 Å². The Kier molecular flexibility index (Phi) is 6.14. The van der Waals surface area contributed by atoms with Gasteiger partial charge in [-0.3, -0.25) is 9.59 Å². The Labute approximate surface area is 194 Å². The number of carbonyl (C=O) groups excluding carboxylic acids is 1. The summed E-state index contributed by atoms with van der Waals surface area (Å²) in [6, 6.07) is 16.8. The molecule has 0 radical (unpaired) electrons.